The van der Waals surface area contributed by atoms with Gasteiger partial charge in [0, 0.05) is 0 Å². The lowest BCUT2D eigenvalue weighted by atomic mass is 10.2. The molecule has 0 unspecified atom stereocenters. The second-order valence-corrected chi connectivity index (χ2v) is 3.77. The Kier molecular flexibility index (Phi) is 2.41. The van der Waals surface area contributed by atoms with Crippen molar-refractivity contribution in [2.45, 2.75) is 13.1 Å². The van der Waals surface area contributed by atoms with Crippen molar-refractivity contribution in [2.24, 2.45) is 5.73 Å². The molecule has 6 nitrogen and oxygen atoms in total. The van der Waals surface area contributed by atoms with Crippen LogP contribution in [0.2, 0.25) is 0 Å². The molecule has 1 aliphatic rings. The Morgan fingerprint density at radius 2 is 2.18 bits per heavy atom. The summed E-state index contributed by atoms with van der Waals surface area (Å²) in [5.74, 6) is 2.34. The molecule has 3 rings (SSSR count). The number of hydrogen-bond donors (Lipinski definition) is 1. The third-order valence-electron chi connectivity index (χ3n) is 2.67. The summed E-state index contributed by atoms with van der Waals surface area (Å²) in [6.45, 7) is 1.35. The molecule has 2 heterocycles. The van der Waals surface area contributed by atoms with Gasteiger partial charge in [0.25, 0.3) is 0 Å². The normalized spacial score (nSPS) is 13.0. The fourth-order valence-corrected chi connectivity index (χ4v) is 1.81. The van der Waals surface area contributed by atoms with E-state index in [1.165, 1.54) is 0 Å². The Balaban J connectivity index is 1.86. The monoisotopic (exact) mass is 232 g/mol. The van der Waals surface area contributed by atoms with Crippen molar-refractivity contribution < 1.29 is 9.47 Å². The summed E-state index contributed by atoms with van der Waals surface area (Å²) >= 11 is 0. The number of rotatable bonds is 3. The van der Waals surface area contributed by atoms with Gasteiger partial charge in [-0.15, -0.1) is 10.2 Å². The van der Waals surface area contributed by atoms with Crippen molar-refractivity contribution in [3.05, 3.63) is 35.9 Å². The van der Waals surface area contributed by atoms with E-state index in [1.807, 2.05) is 22.8 Å². The fourth-order valence-electron chi connectivity index (χ4n) is 1.81. The molecule has 88 valence electrons. The summed E-state index contributed by atoms with van der Waals surface area (Å²) in [7, 11) is 0. The van der Waals surface area contributed by atoms with E-state index < -0.39 is 0 Å². The predicted molar refractivity (Wildman–Crippen MR) is 59.6 cm³/mol. The molecular weight excluding hydrogens is 220 g/mol. The van der Waals surface area contributed by atoms with Crippen molar-refractivity contribution in [1.82, 2.24) is 14.8 Å². The minimum Gasteiger partial charge on any atom is -0.454 e. The van der Waals surface area contributed by atoms with Crippen LogP contribution in [0.1, 0.15) is 11.4 Å². The van der Waals surface area contributed by atoms with Gasteiger partial charge in [-0.05, 0) is 17.7 Å². The number of aromatic nitrogens is 3. The molecule has 0 saturated carbocycles. The average molecular weight is 232 g/mol. The highest BCUT2D eigenvalue weighted by Crippen LogP contribution is 2.32. The van der Waals surface area contributed by atoms with E-state index in [-0.39, 0.29) is 0 Å². The highest BCUT2D eigenvalue weighted by atomic mass is 16.7. The summed E-state index contributed by atoms with van der Waals surface area (Å²) in [6.07, 6.45) is 1.67. The molecule has 0 radical (unpaired) electrons. The Morgan fingerprint density at radius 1 is 1.29 bits per heavy atom. The van der Waals surface area contributed by atoms with Crippen LogP contribution in [-0.4, -0.2) is 21.6 Å². The van der Waals surface area contributed by atoms with Gasteiger partial charge in [0.2, 0.25) is 6.79 Å². The first kappa shape index (κ1) is 10.1. The first-order valence-electron chi connectivity index (χ1n) is 5.32. The van der Waals surface area contributed by atoms with E-state index in [0.29, 0.717) is 19.9 Å². The summed E-state index contributed by atoms with van der Waals surface area (Å²) in [4.78, 5) is 0. The molecule has 0 fully saturated rings. The van der Waals surface area contributed by atoms with Crippen LogP contribution in [0.5, 0.6) is 11.5 Å². The quantitative estimate of drug-likeness (QED) is 0.834. The smallest absolute Gasteiger partial charge is 0.231 e. The molecule has 0 atom stereocenters. The molecule has 0 aliphatic carbocycles. The van der Waals surface area contributed by atoms with Crippen LogP contribution in [0.4, 0.5) is 0 Å². The van der Waals surface area contributed by atoms with Gasteiger partial charge in [0.05, 0.1) is 13.1 Å². The number of benzene rings is 1. The van der Waals surface area contributed by atoms with E-state index in [0.717, 1.165) is 22.9 Å². The van der Waals surface area contributed by atoms with Crippen LogP contribution in [0.15, 0.2) is 24.5 Å². The molecule has 2 N–H and O–H groups in total. The molecular formula is C11H12N4O2. The summed E-state index contributed by atoms with van der Waals surface area (Å²) < 4.78 is 12.5. The van der Waals surface area contributed by atoms with Crippen molar-refractivity contribution >= 4 is 0 Å². The lowest BCUT2D eigenvalue weighted by molar-refractivity contribution is 0.174. The molecule has 1 aliphatic heterocycles. The Morgan fingerprint density at radius 3 is 3.06 bits per heavy atom. The molecule has 17 heavy (non-hydrogen) atoms. The third-order valence-corrected chi connectivity index (χ3v) is 2.67. The maximum atomic E-state index is 5.57. The SMILES string of the molecule is NCc1nncn1Cc1ccc2c(c1)OCO2. The lowest BCUT2D eigenvalue weighted by Crippen LogP contribution is -2.08. The molecule has 1 aromatic heterocycles. The van der Waals surface area contributed by atoms with Crippen LogP contribution in [0.3, 0.4) is 0 Å². The lowest BCUT2D eigenvalue weighted by Gasteiger charge is -2.06. The standard InChI is InChI=1S/C11H12N4O2/c12-4-11-14-13-6-15(11)5-8-1-2-9-10(3-8)17-7-16-9/h1-3,6H,4-5,7,12H2. The zero-order valence-electron chi connectivity index (χ0n) is 9.17. The summed E-state index contributed by atoms with van der Waals surface area (Å²) in [5.41, 5.74) is 6.67. The topological polar surface area (TPSA) is 75.2 Å². The van der Waals surface area contributed by atoms with Crippen LogP contribution >= 0.6 is 0 Å². The highest BCUT2D eigenvalue weighted by Gasteiger charge is 2.13. The van der Waals surface area contributed by atoms with E-state index in [9.17, 15) is 0 Å². The second-order valence-electron chi connectivity index (χ2n) is 3.77. The maximum absolute atomic E-state index is 5.57. The van der Waals surface area contributed by atoms with Crippen LogP contribution in [-0.2, 0) is 13.1 Å². The molecule has 0 bridgehead atoms. The van der Waals surface area contributed by atoms with Gasteiger partial charge in [-0.25, -0.2) is 0 Å². The number of nitrogens with two attached hydrogens (primary N) is 1. The third kappa shape index (κ3) is 1.83. The van der Waals surface area contributed by atoms with Crippen LogP contribution in [0, 0.1) is 0 Å². The number of hydrogen-bond acceptors (Lipinski definition) is 5. The van der Waals surface area contributed by atoms with E-state index >= 15 is 0 Å². The van der Waals surface area contributed by atoms with Crippen molar-refractivity contribution in [1.29, 1.82) is 0 Å². The number of ether oxygens (including phenoxy) is 2. The molecule has 0 spiro atoms. The van der Waals surface area contributed by atoms with E-state index in [4.69, 9.17) is 15.2 Å². The summed E-state index contributed by atoms with van der Waals surface area (Å²) in [5, 5.41) is 7.77. The van der Waals surface area contributed by atoms with Gasteiger partial charge in [-0.2, -0.15) is 0 Å². The van der Waals surface area contributed by atoms with Gasteiger partial charge < -0.3 is 19.8 Å². The van der Waals surface area contributed by atoms with Crippen LogP contribution in [0.25, 0.3) is 0 Å². The van der Waals surface area contributed by atoms with Gasteiger partial charge in [-0.1, -0.05) is 6.07 Å². The van der Waals surface area contributed by atoms with Crippen molar-refractivity contribution in [3.8, 4) is 11.5 Å². The van der Waals surface area contributed by atoms with Gasteiger partial charge >= 0.3 is 0 Å². The van der Waals surface area contributed by atoms with Crippen molar-refractivity contribution in [3.63, 3.8) is 0 Å². The zero-order valence-corrected chi connectivity index (χ0v) is 9.17. The summed E-state index contributed by atoms with van der Waals surface area (Å²) in [6, 6.07) is 5.86. The largest absolute Gasteiger partial charge is 0.454 e. The Hall–Kier alpha value is -2.08. The Bertz CT molecular complexity index is 538. The van der Waals surface area contributed by atoms with Gasteiger partial charge in [-0.3, -0.25) is 0 Å². The molecule has 0 amide bonds. The van der Waals surface area contributed by atoms with E-state index in [2.05, 4.69) is 10.2 Å². The fraction of sp³-hybridized carbons (Fsp3) is 0.273. The minimum atomic E-state index is 0.291. The van der Waals surface area contributed by atoms with Crippen LogP contribution < -0.4 is 15.2 Å². The molecule has 6 heteroatoms. The van der Waals surface area contributed by atoms with Gasteiger partial charge in [0.15, 0.2) is 11.5 Å². The van der Waals surface area contributed by atoms with Gasteiger partial charge in [0.1, 0.15) is 12.2 Å². The number of fused-ring (bicyclic) bond motifs is 1. The van der Waals surface area contributed by atoms with Crippen molar-refractivity contribution in [2.75, 3.05) is 6.79 Å². The first-order chi connectivity index (χ1) is 8.36. The Labute approximate surface area is 98.0 Å². The average Bonchev–Trinajstić information content (AvgIpc) is 2.96. The molecule has 0 saturated heterocycles. The molecule has 1 aromatic carbocycles. The second kappa shape index (κ2) is 4.06. The predicted octanol–water partition coefficient (Wildman–Crippen LogP) is 0.514. The maximum Gasteiger partial charge on any atom is 0.231 e. The number of nitrogens with zero attached hydrogens (tertiary/aromatic N) is 3. The minimum absolute atomic E-state index is 0.291. The molecule has 2 aromatic rings. The zero-order chi connectivity index (χ0) is 11.7. The first-order valence-corrected chi connectivity index (χ1v) is 5.32. The van der Waals surface area contributed by atoms with E-state index in [1.54, 1.807) is 6.33 Å². The highest BCUT2D eigenvalue weighted by molar-refractivity contribution is 5.44.